The summed E-state index contributed by atoms with van der Waals surface area (Å²) in [6.45, 7) is 10.7. The molecule has 126 valence electrons. The van der Waals surface area contributed by atoms with Gasteiger partial charge in [-0.2, -0.15) is 0 Å². The Morgan fingerprint density at radius 2 is 2.05 bits per heavy atom. The summed E-state index contributed by atoms with van der Waals surface area (Å²) < 4.78 is 0. The van der Waals surface area contributed by atoms with Crippen molar-refractivity contribution in [2.45, 2.75) is 77.9 Å². The standard InChI is InChI=1S/C17H31N3O2/c1-6-11-10-17(11,5)19-14(21)12-8-7-9-20(12)15(22)13(18)16(2,3)4/h11-13H,6-10,18H2,1-5H3,(H,19,21)/t11?,12?,13?,17-/m1/s1. The third kappa shape index (κ3) is 3.29. The van der Waals surface area contributed by atoms with Crippen LogP contribution in [0.2, 0.25) is 0 Å². The Morgan fingerprint density at radius 1 is 1.41 bits per heavy atom. The Bertz CT molecular complexity index is 457. The number of carbonyl (C=O) groups is 2. The van der Waals surface area contributed by atoms with Crippen molar-refractivity contribution in [2.75, 3.05) is 6.54 Å². The molecular weight excluding hydrogens is 278 g/mol. The van der Waals surface area contributed by atoms with E-state index in [4.69, 9.17) is 5.73 Å². The minimum absolute atomic E-state index is 0.00888. The molecule has 2 aliphatic rings. The first-order valence-corrected chi connectivity index (χ1v) is 8.48. The van der Waals surface area contributed by atoms with Crippen molar-refractivity contribution in [3.05, 3.63) is 0 Å². The number of hydrogen-bond acceptors (Lipinski definition) is 3. The molecule has 0 spiro atoms. The van der Waals surface area contributed by atoms with Crippen molar-refractivity contribution >= 4 is 11.8 Å². The highest BCUT2D eigenvalue weighted by molar-refractivity contribution is 5.91. The zero-order valence-corrected chi connectivity index (χ0v) is 14.6. The normalized spacial score (nSPS) is 32.7. The number of amides is 2. The second-order valence-electron chi connectivity index (χ2n) is 8.25. The number of nitrogens with zero attached hydrogens (tertiary/aromatic N) is 1. The minimum atomic E-state index is -0.569. The van der Waals surface area contributed by atoms with Crippen LogP contribution in [0.4, 0.5) is 0 Å². The molecule has 4 atom stereocenters. The molecular formula is C17H31N3O2. The monoisotopic (exact) mass is 309 g/mol. The Balaban J connectivity index is 2.01. The highest BCUT2D eigenvalue weighted by Crippen LogP contribution is 2.45. The molecule has 2 rings (SSSR count). The zero-order chi connectivity index (χ0) is 16.7. The highest BCUT2D eigenvalue weighted by atomic mass is 16.2. The van der Waals surface area contributed by atoms with Crippen LogP contribution in [0.25, 0.3) is 0 Å². The van der Waals surface area contributed by atoms with Gasteiger partial charge in [0.2, 0.25) is 11.8 Å². The number of likely N-dealkylation sites (tertiary alicyclic amines) is 1. The predicted octanol–water partition coefficient (Wildman–Crippen LogP) is 1.66. The van der Waals surface area contributed by atoms with Gasteiger partial charge in [-0.1, -0.05) is 34.1 Å². The second-order valence-corrected chi connectivity index (χ2v) is 8.25. The smallest absolute Gasteiger partial charge is 0.243 e. The van der Waals surface area contributed by atoms with Crippen molar-refractivity contribution in [1.82, 2.24) is 10.2 Å². The summed E-state index contributed by atoms with van der Waals surface area (Å²) in [4.78, 5) is 26.9. The summed E-state index contributed by atoms with van der Waals surface area (Å²) in [6, 6.07) is -0.920. The van der Waals surface area contributed by atoms with Gasteiger partial charge < -0.3 is 16.0 Å². The fourth-order valence-corrected chi connectivity index (χ4v) is 3.42. The van der Waals surface area contributed by atoms with Gasteiger partial charge in [-0.05, 0) is 37.5 Å². The van der Waals surface area contributed by atoms with E-state index in [1.54, 1.807) is 4.90 Å². The van der Waals surface area contributed by atoms with Gasteiger partial charge in [0.1, 0.15) is 6.04 Å². The van der Waals surface area contributed by atoms with Crippen molar-refractivity contribution in [1.29, 1.82) is 0 Å². The number of nitrogens with one attached hydrogen (secondary N) is 1. The first-order chi connectivity index (χ1) is 10.1. The van der Waals surface area contributed by atoms with Gasteiger partial charge in [-0.15, -0.1) is 0 Å². The second kappa shape index (κ2) is 5.84. The molecule has 3 unspecified atom stereocenters. The van der Waals surface area contributed by atoms with Gasteiger partial charge in [0, 0.05) is 12.1 Å². The van der Waals surface area contributed by atoms with E-state index >= 15 is 0 Å². The molecule has 1 heterocycles. The molecule has 0 radical (unpaired) electrons. The lowest BCUT2D eigenvalue weighted by Crippen LogP contribution is -2.56. The van der Waals surface area contributed by atoms with Gasteiger partial charge in [0.05, 0.1) is 6.04 Å². The number of nitrogens with two attached hydrogens (primary N) is 1. The van der Waals surface area contributed by atoms with Crippen LogP contribution in [0.3, 0.4) is 0 Å². The molecule has 5 heteroatoms. The van der Waals surface area contributed by atoms with Gasteiger partial charge >= 0.3 is 0 Å². The van der Waals surface area contributed by atoms with Crippen LogP contribution >= 0.6 is 0 Å². The Hall–Kier alpha value is -1.10. The van der Waals surface area contributed by atoms with Gasteiger partial charge in [0.25, 0.3) is 0 Å². The topological polar surface area (TPSA) is 75.4 Å². The van der Waals surface area contributed by atoms with Crippen LogP contribution in [0.5, 0.6) is 0 Å². The molecule has 0 aromatic rings. The largest absolute Gasteiger partial charge is 0.349 e. The van der Waals surface area contributed by atoms with Crippen LogP contribution in [-0.4, -0.2) is 40.9 Å². The van der Waals surface area contributed by atoms with Crippen LogP contribution in [-0.2, 0) is 9.59 Å². The lowest BCUT2D eigenvalue weighted by molar-refractivity contribution is -0.141. The minimum Gasteiger partial charge on any atom is -0.349 e. The molecule has 0 aromatic heterocycles. The maximum absolute atomic E-state index is 12.6. The summed E-state index contributed by atoms with van der Waals surface area (Å²) in [5.41, 5.74) is 5.73. The number of rotatable bonds is 4. The maximum atomic E-state index is 12.6. The predicted molar refractivity (Wildman–Crippen MR) is 87.1 cm³/mol. The van der Waals surface area contributed by atoms with Crippen molar-refractivity contribution < 1.29 is 9.59 Å². The van der Waals surface area contributed by atoms with E-state index in [2.05, 4.69) is 19.2 Å². The van der Waals surface area contributed by atoms with Crippen molar-refractivity contribution in [3.8, 4) is 0 Å². The molecule has 1 aliphatic carbocycles. The third-order valence-corrected chi connectivity index (χ3v) is 5.35. The molecule has 22 heavy (non-hydrogen) atoms. The number of hydrogen-bond donors (Lipinski definition) is 2. The lowest BCUT2D eigenvalue weighted by Gasteiger charge is -2.33. The molecule has 3 N–H and O–H groups in total. The van der Waals surface area contributed by atoms with Gasteiger partial charge in [0.15, 0.2) is 0 Å². The van der Waals surface area contributed by atoms with Crippen LogP contribution < -0.4 is 11.1 Å². The molecule has 2 amide bonds. The van der Waals surface area contributed by atoms with Crippen LogP contribution in [0, 0.1) is 11.3 Å². The molecule has 1 saturated carbocycles. The van der Waals surface area contributed by atoms with E-state index in [-0.39, 0.29) is 28.8 Å². The quantitative estimate of drug-likeness (QED) is 0.829. The molecule has 1 saturated heterocycles. The summed E-state index contributed by atoms with van der Waals surface area (Å²) in [7, 11) is 0. The summed E-state index contributed by atoms with van der Waals surface area (Å²) in [5, 5.41) is 3.16. The Morgan fingerprint density at radius 3 is 2.55 bits per heavy atom. The highest BCUT2D eigenvalue weighted by Gasteiger charge is 2.51. The number of carbonyl (C=O) groups excluding carboxylic acids is 2. The lowest BCUT2D eigenvalue weighted by atomic mass is 9.86. The first kappa shape index (κ1) is 17.3. The SMILES string of the molecule is CCC1C[C@@]1(C)NC(=O)C1CCCN1C(=O)C(N)C(C)(C)C. The third-order valence-electron chi connectivity index (χ3n) is 5.35. The molecule has 1 aliphatic heterocycles. The van der Waals surface area contributed by atoms with Crippen LogP contribution in [0.1, 0.15) is 60.3 Å². The van der Waals surface area contributed by atoms with Crippen molar-refractivity contribution in [2.24, 2.45) is 17.1 Å². The van der Waals surface area contributed by atoms with Crippen molar-refractivity contribution in [3.63, 3.8) is 0 Å². The molecule has 2 fully saturated rings. The van der Waals surface area contributed by atoms with E-state index in [0.29, 0.717) is 12.5 Å². The fourth-order valence-electron chi connectivity index (χ4n) is 3.42. The summed E-state index contributed by atoms with van der Waals surface area (Å²) in [5.74, 6) is 0.461. The maximum Gasteiger partial charge on any atom is 0.243 e. The molecule has 0 bridgehead atoms. The average Bonchev–Trinajstić information content (AvgIpc) is 2.87. The first-order valence-electron chi connectivity index (χ1n) is 8.48. The van der Waals surface area contributed by atoms with E-state index in [1.165, 1.54) is 0 Å². The van der Waals surface area contributed by atoms with E-state index < -0.39 is 6.04 Å². The van der Waals surface area contributed by atoms with Gasteiger partial charge in [-0.3, -0.25) is 9.59 Å². The van der Waals surface area contributed by atoms with E-state index in [1.807, 2.05) is 20.8 Å². The Kier molecular flexibility index (Phi) is 4.58. The fraction of sp³-hybridized carbons (Fsp3) is 0.882. The summed E-state index contributed by atoms with van der Waals surface area (Å²) in [6.07, 6.45) is 3.73. The van der Waals surface area contributed by atoms with Crippen LogP contribution in [0.15, 0.2) is 0 Å². The molecule has 5 nitrogen and oxygen atoms in total. The van der Waals surface area contributed by atoms with Gasteiger partial charge in [-0.25, -0.2) is 0 Å². The average molecular weight is 309 g/mol. The Labute approximate surface area is 134 Å². The van der Waals surface area contributed by atoms with E-state index in [0.717, 1.165) is 25.7 Å². The summed E-state index contributed by atoms with van der Waals surface area (Å²) >= 11 is 0. The zero-order valence-electron chi connectivity index (χ0n) is 14.6. The molecule has 0 aromatic carbocycles. The van der Waals surface area contributed by atoms with E-state index in [9.17, 15) is 9.59 Å².